The molecule has 0 aliphatic heterocycles. The average Bonchev–Trinajstić information content (AvgIpc) is 3.57. The molecule has 0 radical (unpaired) electrons. The number of ether oxygens (including phenoxy) is 2. The van der Waals surface area contributed by atoms with Gasteiger partial charge in [0.05, 0.1) is 35.1 Å². The van der Waals surface area contributed by atoms with E-state index in [1.54, 1.807) is 19.1 Å². The molecule has 8 nitrogen and oxygen atoms in total. The van der Waals surface area contributed by atoms with Gasteiger partial charge < -0.3 is 25.2 Å². The zero-order chi connectivity index (χ0) is 28.9. The summed E-state index contributed by atoms with van der Waals surface area (Å²) in [5.41, 5.74) is -0.111. The maximum Gasteiger partial charge on any atom is 0.309 e. The number of methoxy groups -OCH3 is 1. The zero-order valence-electron chi connectivity index (χ0n) is 24.2. The van der Waals surface area contributed by atoms with Crippen molar-refractivity contribution in [3.63, 3.8) is 0 Å². The van der Waals surface area contributed by atoms with Crippen molar-refractivity contribution in [1.29, 1.82) is 0 Å². The van der Waals surface area contributed by atoms with Crippen molar-refractivity contribution < 1.29 is 29.0 Å². The van der Waals surface area contributed by atoms with Crippen molar-refractivity contribution in [1.82, 2.24) is 10.6 Å². The Morgan fingerprint density at radius 1 is 1.00 bits per heavy atom. The molecule has 0 saturated heterocycles. The largest absolute Gasteiger partial charge is 0.496 e. The molecule has 5 saturated carbocycles. The van der Waals surface area contributed by atoms with Crippen LogP contribution in [0.2, 0.25) is 5.02 Å². The molecule has 2 bridgehead atoms. The van der Waals surface area contributed by atoms with Crippen molar-refractivity contribution >= 4 is 29.4 Å². The van der Waals surface area contributed by atoms with Crippen LogP contribution in [0.15, 0.2) is 12.1 Å². The molecule has 4 atom stereocenters. The maximum absolute atomic E-state index is 13.7. The molecular weight excluding hydrogens is 544 g/mol. The highest BCUT2D eigenvalue weighted by Crippen LogP contribution is 2.57. The van der Waals surface area contributed by atoms with Crippen LogP contribution in [0.25, 0.3) is 0 Å². The van der Waals surface area contributed by atoms with E-state index in [1.165, 1.54) is 39.2 Å². The Morgan fingerprint density at radius 2 is 1.71 bits per heavy atom. The van der Waals surface area contributed by atoms with Gasteiger partial charge in [-0.1, -0.05) is 18.0 Å². The molecule has 5 aliphatic carbocycles. The van der Waals surface area contributed by atoms with Gasteiger partial charge >= 0.3 is 5.97 Å². The second kappa shape index (κ2) is 11.0. The first kappa shape index (κ1) is 28.6. The van der Waals surface area contributed by atoms with Gasteiger partial charge in [-0.15, -0.1) is 0 Å². The third-order valence-corrected chi connectivity index (χ3v) is 11.6. The van der Waals surface area contributed by atoms with Crippen LogP contribution in [0.1, 0.15) is 94.3 Å². The van der Waals surface area contributed by atoms with Crippen molar-refractivity contribution in [2.45, 2.75) is 96.1 Å². The second-order valence-corrected chi connectivity index (χ2v) is 14.1. The molecule has 2 amide bonds. The fourth-order valence-corrected chi connectivity index (χ4v) is 8.45. The van der Waals surface area contributed by atoms with E-state index < -0.39 is 11.4 Å². The number of carbonyl (C=O) groups excluding carboxylic acids is 2. The van der Waals surface area contributed by atoms with E-state index in [0.29, 0.717) is 65.0 Å². The predicted octanol–water partition coefficient (Wildman–Crippen LogP) is 5.60. The number of aliphatic carboxylic acids is 1. The summed E-state index contributed by atoms with van der Waals surface area (Å²) < 4.78 is 11.7. The summed E-state index contributed by atoms with van der Waals surface area (Å²) in [6, 6.07) is 3.01. The van der Waals surface area contributed by atoms with Gasteiger partial charge in [0.15, 0.2) is 0 Å². The van der Waals surface area contributed by atoms with Gasteiger partial charge in [0.2, 0.25) is 5.91 Å². The summed E-state index contributed by atoms with van der Waals surface area (Å²) >= 11 is 6.53. The van der Waals surface area contributed by atoms with E-state index in [4.69, 9.17) is 21.1 Å². The minimum absolute atomic E-state index is 0.0900. The zero-order valence-corrected chi connectivity index (χ0v) is 24.9. The highest BCUT2D eigenvalue weighted by molar-refractivity contribution is 6.32. The van der Waals surface area contributed by atoms with Crippen LogP contribution in [0.3, 0.4) is 0 Å². The van der Waals surface area contributed by atoms with E-state index in [2.05, 4.69) is 10.6 Å². The normalized spacial score (nSPS) is 33.5. The highest BCUT2D eigenvalue weighted by Gasteiger charge is 2.53. The number of halogens is 1. The van der Waals surface area contributed by atoms with Gasteiger partial charge in [0.25, 0.3) is 5.91 Å². The number of hydrogen-bond donors (Lipinski definition) is 3. The highest BCUT2D eigenvalue weighted by atomic mass is 35.5. The molecule has 0 unspecified atom stereocenters. The molecule has 1 aromatic rings. The van der Waals surface area contributed by atoms with E-state index in [-0.39, 0.29) is 29.9 Å². The lowest BCUT2D eigenvalue weighted by Gasteiger charge is -2.43. The first-order valence-electron chi connectivity index (χ1n) is 15.5. The quantitative estimate of drug-likeness (QED) is 0.329. The number of benzene rings is 1. The lowest BCUT2D eigenvalue weighted by Crippen LogP contribution is -2.52. The summed E-state index contributed by atoms with van der Waals surface area (Å²) in [5.74, 6) is 0.900. The van der Waals surface area contributed by atoms with Gasteiger partial charge in [-0.25, -0.2) is 0 Å². The molecule has 0 spiro atoms. The number of carboxylic acid groups (broad SMARTS) is 1. The third-order valence-electron chi connectivity index (χ3n) is 11.3. The molecule has 9 heteroatoms. The first-order chi connectivity index (χ1) is 19.6. The smallest absolute Gasteiger partial charge is 0.309 e. The number of nitrogens with one attached hydrogen (secondary N) is 2. The Balaban J connectivity index is 1.14. The van der Waals surface area contributed by atoms with Crippen LogP contribution in [0.5, 0.6) is 11.5 Å². The molecule has 41 heavy (non-hydrogen) atoms. The Hall–Kier alpha value is -2.48. The Kier molecular flexibility index (Phi) is 7.66. The molecule has 224 valence electrons. The Morgan fingerprint density at radius 3 is 2.32 bits per heavy atom. The predicted molar refractivity (Wildman–Crippen MR) is 154 cm³/mol. The summed E-state index contributed by atoms with van der Waals surface area (Å²) in [6.07, 6.45) is 11.3. The van der Waals surface area contributed by atoms with Crippen LogP contribution in [-0.2, 0) is 9.59 Å². The molecule has 6 rings (SSSR count). The molecule has 0 aromatic heterocycles. The Bertz CT molecular complexity index is 1200. The molecule has 5 aliphatic rings. The number of hydrogen-bond acceptors (Lipinski definition) is 5. The minimum atomic E-state index is -0.782. The van der Waals surface area contributed by atoms with Gasteiger partial charge in [0.1, 0.15) is 11.5 Å². The monoisotopic (exact) mass is 586 g/mol. The van der Waals surface area contributed by atoms with Crippen molar-refractivity contribution in [3.05, 3.63) is 22.7 Å². The van der Waals surface area contributed by atoms with Crippen LogP contribution in [0.4, 0.5) is 0 Å². The lowest BCUT2D eigenvalue weighted by molar-refractivity contribution is -0.150. The Labute approximate surface area is 247 Å². The number of fused-ring (bicyclic) bond motifs is 2. The van der Waals surface area contributed by atoms with Gasteiger partial charge in [-0.05, 0) is 107 Å². The lowest BCUT2D eigenvalue weighted by atomic mass is 9.65. The molecule has 1 aromatic carbocycles. The van der Waals surface area contributed by atoms with E-state index in [0.717, 1.165) is 31.7 Å². The average molecular weight is 587 g/mol. The minimum Gasteiger partial charge on any atom is -0.496 e. The number of carbonyl (C=O) groups is 3. The number of rotatable bonds is 10. The summed E-state index contributed by atoms with van der Waals surface area (Å²) in [7, 11) is 1.50. The topological polar surface area (TPSA) is 114 Å². The van der Waals surface area contributed by atoms with Crippen molar-refractivity contribution in [2.75, 3.05) is 13.7 Å². The number of amides is 2. The van der Waals surface area contributed by atoms with Crippen LogP contribution in [-0.4, -0.2) is 48.7 Å². The van der Waals surface area contributed by atoms with Crippen molar-refractivity contribution in [3.8, 4) is 11.5 Å². The molecule has 5 fully saturated rings. The summed E-state index contributed by atoms with van der Waals surface area (Å²) in [4.78, 5) is 38.9. The van der Waals surface area contributed by atoms with Gasteiger partial charge in [0, 0.05) is 18.7 Å². The van der Waals surface area contributed by atoms with Gasteiger partial charge in [-0.3, -0.25) is 14.4 Å². The molecular formula is C32H43ClN2O6. The third kappa shape index (κ3) is 5.41. The molecule has 0 heterocycles. The summed E-state index contributed by atoms with van der Waals surface area (Å²) in [6.45, 7) is 2.54. The number of carboxylic acids is 1. The van der Waals surface area contributed by atoms with E-state index in [9.17, 15) is 19.5 Å². The fraction of sp³-hybridized carbons (Fsp3) is 0.719. The second-order valence-electron chi connectivity index (χ2n) is 13.7. The summed E-state index contributed by atoms with van der Waals surface area (Å²) in [5, 5.41) is 16.4. The van der Waals surface area contributed by atoms with Crippen LogP contribution < -0.4 is 20.1 Å². The van der Waals surface area contributed by atoms with E-state index in [1.807, 2.05) is 0 Å². The standard InChI is InChI=1S/C32H43ClN2O6/c1-31(30(38)39)12-8-21(9-13-31)41-25-15-22(24(40-2)16-23(25)33)28(36)35-27-19-5-4-18(14-19)26(27)29(37)34-17-32(10-3-11-32)20-6-7-20/h15-16,18-21,26-27H,3-14,17H2,1-2H3,(H,34,37)(H,35,36)(H,38,39)/t18-,19+,21?,26+,27-,31?/m1/s1. The van der Waals surface area contributed by atoms with Crippen LogP contribution in [0, 0.1) is 34.5 Å². The first-order valence-corrected chi connectivity index (χ1v) is 15.9. The van der Waals surface area contributed by atoms with Crippen molar-refractivity contribution in [2.24, 2.45) is 34.5 Å². The maximum atomic E-state index is 13.7. The van der Waals surface area contributed by atoms with E-state index >= 15 is 0 Å². The van der Waals surface area contributed by atoms with Crippen LogP contribution >= 0.6 is 11.6 Å². The fourth-order valence-electron chi connectivity index (χ4n) is 8.25. The SMILES string of the molecule is COc1cc(Cl)c(OC2CCC(C)(C(=O)O)CC2)cc1C(=O)N[C@@H]1[C@H]2CC[C@H](C2)[C@@H]1C(=O)NCC1(C2CC2)CCC1. The van der Waals surface area contributed by atoms with Gasteiger partial charge in [-0.2, -0.15) is 0 Å². The molecule has 3 N–H and O–H groups in total.